The van der Waals surface area contributed by atoms with Crippen molar-refractivity contribution in [1.82, 2.24) is 0 Å². The van der Waals surface area contributed by atoms with Crippen molar-refractivity contribution < 1.29 is 0 Å². The number of nitrogens with zero attached hydrogens (tertiary/aromatic N) is 1. The van der Waals surface area contributed by atoms with Crippen LogP contribution in [0.25, 0.3) is 5.70 Å². The lowest BCUT2D eigenvalue weighted by Gasteiger charge is -2.16. The first-order valence-electron chi connectivity index (χ1n) is 5.08. The van der Waals surface area contributed by atoms with Gasteiger partial charge in [-0.2, -0.15) is 0 Å². The van der Waals surface area contributed by atoms with Crippen LogP contribution in [0.5, 0.6) is 0 Å². The fourth-order valence-corrected chi connectivity index (χ4v) is 1.60. The Kier molecular flexibility index (Phi) is 2.49. The van der Waals surface area contributed by atoms with Gasteiger partial charge in [0, 0.05) is 5.71 Å². The molecule has 2 rings (SSSR count). The zero-order chi connectivity index (χ0) is 9.97. The Bertz CT molecular complexity index is 373. The zero-order valence-electron chi connectivity index (χ0n) is 8.70. The monoisotopic (exact) mass is 185 g/mol. The van der Waals surface area contributed by atoms with Crippen LogP contribution in [0.4, 0.5) is 0 Å². The molecule has 0 bridgehead atoms. The predicted molar refractivity (Wildman–Crippen MR) is 61.3 cm³/mol. The van der Waals surface area contributed by atoms with Crippen LogP contribution < -0.4 is 0 Å². The first-order valence-corrected chi connectivity index (χ1v) is 5.08. The van der Waals surface area contributed by atoms with E-state index in [1.165, 1.54) is 11.3 Å². The summed E-state index contributed by atoms with van der Waals surface area (Å²) in [5, 5.41) is 0. The van der Waals surface area contributed by atoms with Crippen molar-refractivity contribution >= 4 is 11.4 Å². The summed E-state index contributed by atoms with van der Waals surface area (Å²) in [5.41, 5.74) is 3.59. The van der Waals surface area contributed by atoms with Crippen molar-refractivity contribution in [2.24, 2.45) is 10.9 Å². The fraction of sp³-hybridized carbons (Fsp3) is 0.308. The summed E-state index contributed by atoms with van der Waals surface area (Å²) in [6.07, 6.45) is 3.34. The molecule has 0 spiro atoms. The summed E-state index contributed by atoms with van der Waals surface area (Å²) >= 11 is 0. The second-order valence-electron chi connectivity index (χ2n) is 3.85. The largest absolute Gasteiger partial charge is 0.258 e. The lowest BCUT2D eigenvalue weighted by atomic mass is 9.97. The smallest absolute Gasteiger partial charge is 0.0661 e. The quantitative estimate of drug-likeness (QED) is 0.634. The highest BCUT2D eigenvalue weighted by atomic mass is 14.8. The Hall–Kier alpha value is -1.37. The summed E-state index contributed by atoms with van der Waals surface area (Å²) in [4.78, 5) is 4.61. The molecule has 1 heterocycles. The van der Waals surface area contributed by atoms with Crippen LogP contribution in [0.3, 0.4) is 0 Å². The third kappa shape index (κ3) is 1.77. The van der Waals surface area contributed by atoms with Gasteiger partial charge in [0.05, 0.1) is 5.70 Å². The molecular weight excluding hydrogens is 170 g/mol. The normalized spacial score (nSPS) is 21.4. The Morgan fingerprint density at radius 3 is 2.57 bits per heavy atom. The summed E-state index contributed by atoms with van der Waals surface area (Å²) in [7, 11) is 0. The molecule has 1 aromatic rings. The van der Waals surface area contributed by atoms with E-state index in [-0.39, 0.29) is 0 Å². The van der Waals surface area contributed by atoms with Crippen molar-refractivity contribution in [1.29, 1.82) is 0 Å². The minimum atomic E-state index is 0.600. The summed E-state index contributed by atoms with van der Waals surface area (Å²) in [6, 6.07) is 10.4. The Balaban J connectivity index is 2.31. The lowest BCUT2D eigenvalue weighted by Crippen LogP contribution is -2.09. The van der Waals surface area contributed by atoms with Crippen LogP contribution in [0.1, 0.15) is 25.8 Å². The maximum Gasteiger partial charge on any atom is 0.0661 e. The maximum absolute atomic E-state index is 4.61. The molecule has 1 aliphatic heterocycles. The molecule has 14 heavy (non-hydrogen) atoms. The van der Waals surface area contributed by atoms with Gasteiger partial charge in [-0.15, -0.1) is 0 Å². The molecule has 0 amide bonds. The number of hydrogen-bond acceptors (Lipinski definition) is 1. The molecule has 0 aliphatic carbocycles. The highest BCUT2D eigenvalue weighted by molar-refractivity contribution is 5.91. The van der Waals surface area contributed by atoms with E-state index < -0.39 is 0 Å². The highest BCUT2D eigenvalue weighted by Crippen LogP contribution is 2.24. The highest BCUT2D eigenvalue weighted by Gasteiger charge is 2.11. The Morgan fingerprint density at radius 1 is 1.21 bits per heavy atom. The standard InChI is InChI=1S/C13H15N/c1-10-8-9-13(14-11(10)2)12-6-4-3-5-7-12/h3-7,9-10H,8H2,1-2H3. The van der Waals surface area contributed by atoms with E-state index in [2.05, 4.69) is 49.2 Å². The molecule has 0 aromatic heterocycles. The average molecular weight is 185 g/mol. The van der Waals surface area contributed by atoms with Crippen LogP contribution >= 0.6 is 0 Å². The van der Waals surface area contributed by atoms with Crippen molar-refractivity contribution in [2.45, 2.75) is 20.3 Å². The minimum absolute atomic E-state index is 0.600. The Labute approximate surface area is 85.2 Å². The van der Waals surface area contributed by atoms with Crippen molar-refractivity contribution in [3.8, 4) is 0 Å². The van der Waals surface area contributed by atoms with Crippen LogP contribution in [0.15, 0.2) is 41.4 Å². The van der Waals surface area contributed by atoms with Gasteiger partial charge in [-0.3, -0.25) is 4.99 Å². The van der Waals surface area contributed by atoms with Gasteiger partial charge in [-0.05, 0) is 24.8 Å². The molecule has 1 aliphatic rings. The number of aliphatic imine (C=N–C) groups is 1. The molecule has 1 nitrogen and oxygen atoms in total. The van der Waals surface area contributed by atoms with Crippen LogP contribution in [-0.2, 0) is 0 Å². The van der Waals surface area contributed by atoms with Gasteiger partial charge in [0.25, 0.3) is 0 Å². The first-order chi connectivity index (χ1) is 6.77. The number of hydrogen-bond donors (Lipinski definition) is 0. The molecule has 1 aromatic carbocycles. The predicted octanol–water partition coefficient (Wildman–Crippen LogP) is 3.53. The molecule has 0 radical (unpaired) electrons. The van der Waals surface area contributed by atoms with E-state index >= 15 is 0 Å². The van der Waals surface area contributed by atoms with Crippen LogP contribution in [0, 0.1) is 5.92 Å². The fourth-order valence-electron chi connectivity index (χ4n) is 1.60. The second-order valence-corrected chi connectivity index (χ2v) is 3.85. The van der Waals surface area contributed by atoms with Gasteiger partial charge in [-0.1, -0.05) is 43.3 Å². The number of allylic oxidation sites excluding steroid dienone is 1. The third-order valence-electron chi connectivity index (χ3n) is 2.74. The molecule has 1 unspecified atom stereocenters. The average Bonchev–Trinajstić information content (AvgIpc) is 2.23. The van der Waals surface area contributed by atoms with E-state index in [1.54, 1.807) is 0 Å². The van der Waals surface area contributed by atoms with Crippen LogP contribution in [-0.4, -0.2) is 5.71 Å². The van der Waals surface area contributed by atoms with Gasteiger partial charge in [0.1, 0.15) is 0 Å². The molecule has 0 saturated heterocycles. The molecule has 72 valence electrons. The summed E-state index contributed by atoms with van der Waals surface area (Å²) in [5.74, 6) is 0.600. The number of benzene rings is 1. The first kappa shape index (κ1) is 9.20. The van der Waals surface area contributed by atoms with Crippen LogP contribution in [0.2, 0.25) is 0 Å². The van der Waals surface area contributed by atoms with Gasteiger partial charge in [0.15, 0.2) is 0 Å². The third-order valence-corrected chi connectivity index (χ3v) is 2.74. The van der Waals surface area contributed by atoms with Crippen molar-refractivity contribution in [3.63, 3.8) is 0 Å². The van der Waals surface area contributed by atoms with E-state index in [9.17, 15) is 0 Å². The molecule has 0 N–H and O–H groups in total. The topological polar surface area (TPSA) is 12.4 Å². The molecule has 0 saturated carbocycles. The minimum Gasteiger partial charge on any atom is -0.258 e. The van der Waals surface area contributed by atoms with E-state index in [1.807, 2.05) is 6.07 Å². The van der Waals surface area contributed by atoms with E-state index in [4.69, 9.17) is 0 Å². The zero-order valence-corrected chi connectivity index (χ0v) is 8.70. The second kappa shape index (κ2) is 3.79. The van der Waals surface area contributed by atoms with Crippen molar-refractivity contribution in [2.75, 3.05) is 0 Å². The van der Waals surface area contributed by atoms with E-state index in [0.29, 0.717) is 5.92 Å². The molecular formula is C13H15N. The molecule has 1 atom stereocenters. The lowest BCUT2D eigenvalue weighted by molar-refractivity contribution is 0.776. The summed E-state index contributed by atoms with van der Waals surface area (Å²) in [6.45, 7) is 4.33. The number of rotatable bonds is 1. The van der Waals surface area contributed by atoms with Gasteiger partial charge < -0.3 is 0 Å². The van der Waals surface area contributed by atoms with E-state index in [0.717, 1.165) is 12.1 Å². The van der Waals surface area contributed by atoms with Gasteiger partial charge in [0.2, 0.25) is 0 Å². The Morgan fingerprint density at radius 2 is 1.93 bits per heavy atom. The van der Waals surface area contributed by atoms with Gasteiger partial charge in [-0.25, -0.2) is 0 Å². The molecule has 1 heteroatoms. The summed E-state index contributed by atoms with van der Waals surface area (Å²) < 4.78 is 0. The van der Waals surface area contributed by atoms with Crippen molar-refractivity contribution in [3.05, 3.63) is 42.0 Å². The van der Waals surface area contributed by atoms with Gasteiger partial charge >= 0.3 is 0 Å². The SMILES string of the molecule is CC1=NC(c2ccccc2)=CCC1C. The maximum atomic E-state index is 4.61. The molecule has 0 fully saturated rings.